The van der Waals surface area contributed by atoms with Gasteiger partial charge in [-0.3, -0.25) is 0 Å². The van der Waals surface area contributed by atoms with Crippen LogP contribution >= 0.6 is 15.9 Å². The topological polar surface area (TPSA) is 42.2 Å². The zero-order valence-electron chi connectivity index (χ0n) is 7.60. The van der Waals surface area contributed by atoms with E-state index in [1.54, 1.807) is 6.07 Å². The van der Waals surface area contributed by atoms with Gasteiger partial charge in [-0.2, -0.15) is 5.26 Å². The standard InChI is InChI=1S/C9H7BrFNO2/c1-13-6-3-5(4-12)8(11)7(10)9(6)14-2/h3H,1-2H3. The first-order valence-corrected chi connectivity index (χ1v) is 4.45. The largest absolute Gasteiger partial charge is 0.493 e. The van der Waals surface area contributed by atoms with Crippen LogP contribution < -0.4 is 9.47 Å². The molecule has 0 heterocycles. The molecule has 1 rings (SSSR count). The smallest absolute Gasteiger partial charge is 0.178 e. The van der Waals surface area contributed by atoms with Crippen LogP contribution in [-0.4, -0.2) is 14.2 Å². The first-order valence-electron chi connectivity index (χ1n) is 3.65. The summed E-state index contributed by atoms with van der Waals surface area (Å²) in [4.78, 5) is 0. The molecule has 14 heavy (non-hydrogen) atoms. The van der Waals surface area contributed by atoms with Gasteiger partial charge < -0.3 is 9.47 Å². The van der Waals surface area contributed by atoms with Crippen molar-refractivity contribution in [3.8, 4) is 17.6 Å². The van der Waals surface area contributed by atoms with Crippen molar-refractivity contribution in [3.63, 3.8) is 0 Å². The summed E-state index contributed by atoms with van der Waals surface area (Å²) < 4.78 is 23.3. The third-order valence-electron chi connectivity index (χ3n) is 1.67. The lowest BCUT2D eigenvalue weighted by Crippen LogP contribution is -1.96. The lowest BCUT2D eigenvalue weighted by molar-refractivity contribution is 0.350. The van der Waals surface area contributed by atoms with Crippen molar-refractivity contribution < 1.29 is 13.9 Å². The van der Waals surface area contributed by atoms with Gasteiger partial charge in [-0.05, 0) is 15.9 Å². The zero-order chi connectivity index (χ0) is 10.7. The van der Waals surface area contributed by atoms with Gasteiger partial charge in [0.2, 0.25) is 0 Å². The van der Waals surface area contributed by atoms with Crippen molar-refractivity contribution in [1.29, 1.82) is 5.26 Å². The number of ether oxygens (including phenoxy) is 2. The SMILES string of the molecule is COc1cc(C#N)c(F)c(Br)c1OC. The maximum absolute atomic E-state index is 13.4. The number of rotatable bonds is 2. The van der Waals surface area contributed by atoms with Gasteiger partial charge in [0.25, 0.3) is 0 Å². The Balaban J connectivity index is 3.48. The Hall–Kier alpha value is -1.28. The van der Waals surface area contributed by atoms with Crippen LogP contribution in [-0.2, 0) is 0 Å². The summed E-state index contributed by atoms with van der Waals surface area (Å²) in [5.41, 5.74) is -0.0884. The summed E-state index contributed by atoms with van der Waals surface area (Å²) in [6.45, 7) is 0. The highest BCUT2D eigenvalue weighted by atomic mass is 79.9. The molecule has 0 aliphatic rings. The molecule has 0 bridgehead atoms. The van der Waals surface area contributed by atoms with Crippen molar-refractivity contribution in [2.24, 2.45) is 0 Å². The van der Waals surface area contributed by atoms with Crippen molar-refractivity contribution in [1.82, 2.24) is 0 Å². The summed E-state index contributed by atoms with van der Waals surface area (Å²) in [5, 5.41) is 8.62. The van der Waals surface area contributed by atoms with Gasteiger partial charge in [-0.1, -0.05) is 0 Å². The third-order valence-corrected chi connectivity index (χ3v) is 2.38. The minimum absolute atomic E-state index is 0.0884. The van der Waals surface area contributed by atoms with Crippen LogP contribution in [0, 0.1) is 17.1 Å². The van der Waals surface area contributed by atoms with Gasteiger partial charge in [0, 0.05) is 6.07 Å². The zero-order valence-corrected chi connectivity index (χ0v) is 9.18. The first kappa shape index (κ1) is 10.8. The van der Waals surface area contributed by atoms with Gasteiger partial charge >= 0.3 is 0 Å². The van der Waals surface area contributed by atoms with Crippen LogP contribution in [0.3, 0.4) is 0 Å². The van der Waals surface area contributed by atoms with E-state index in [0.29, 0.717) is 5.75 Å². The molecule has 0 fully saturated rings. The fourth-order valence-corrected chi connectivity index (χ4v) is 1.58. The number of benzene rings is 1. The molecule has 0 atom stereocenters. The maximum Gasteiger partial charge on any atom is 0.178 e. The Labute approximate surface area is 89.2 Å². The van der Waals surface area contributed by atoms with E-state index in [0.717, 1.165) is 0 Å². The van der Waals surface area contributed by atoms with Crippen molar-refractivity contribution in [2.75, 3.05) is 14.2 Å². The normalized spacial score (nSPS) is 9.36. The van der Waals surface area contributed by atoms with Crippen LogP contribution in [0.5, 0.6) is 11.5 Å². The van der Waals surface area contributed by atoms with Gasteiger partial charge in [-0.25, -0.2) is 4.39 Å². The van der Waals surface area contributed by atoms with Crippen molar-refractivity contribution >= 4 is 15.9 Å². The average Bonchev–Trinajstić information content (AvgIpc) is 2.21. The molecule has 0 saturated carbocycles. The predicted octanol–water partition coefficient (Wildman–Crippen LogP) is 2.48. The number of nitriles is 1. The molecule has 0 spiro atoms. The van der Waals surface area contributed by atoms with E-state index < -0.39 is 5.82 Å². The van der Waals surface area contributed by atoms with Gasteiger partial charge in [0.1, 0.15) is 10.5 Å². The molecule has 0 amide bonds. The van der Waals surface area contributed by atoms with Crippen molar-refractivity contribution in [3.05, 3.63) is 21.9 Å². The lowest BCUT2D eigenvalue weighted by atomic mass is 10.2. The van der Waals surface area contributed by atoms with E-state index >= 15 is 0 Å². The number of nitrogens with zero attached hydrogens (tertiary/aromatic N) is 1. The fourth-order valence-electron chi connectivity index (χ4n) is 1.01. The Morgan fingerprint density at radius 3 is 2.50 bits per heavy atom. The Kier molecular flexibility index (Phi) is 3.31. The number of hydrogen-bond acceptors (Lipinski definition) is 3. The van der Waals surface area contributed by atoms with E-state index in [4.69, 9.17) is 14.7 Å². The Bertz CT molecular complexity index is 401. The minimum atomic E-state index is -0.648. The molecule has 0 aliphatic carbocycles. The van der Waals surface area contributed by atoms with Crippen LogP contribution in [0.1, 0.15) is 5.56 Å². The first-order chi connectivity index (χ1) is 6.65. The van der Waals surface area contributed by atoms with E-state index in [-0.39, 0.29) is 15.8 Å². The third kappa shape index (κ3) is 1.66. The summed E-state index contributed by atoms with van der Waals surface area (Å²) >= 11 is 2.99. The second-order valence-corrected chi connectivity index (χ2v) is 3.19. The van der Waals surface area contributed by atoms with Gasteiger partial charge in [0.15, 0.2) is 17.3 Å². The molecule has 3 nitrogen and oxygen atoms in total. The summed E-state index contributed by atoms with van der Waals surface area (Å²) in [5.74, 6) is -0.0912. The van der Waals surface area contributed by atoms with E-state index in [1.807, 2.05) is 0 Å². The highest BCUT2D eigenvalue weighted by Crippen LogP contribution is 2.38. The van der Waals surface area contributed by atoms with E-state index in [1.165, 1.54) is 20.3 Å². The fraction of sp³-hybridized carbons (Fsp3) is 0.222. The highest BCUT2D eigenvalue weighted by Gasteiger charge is 2.17. The van der Waals surface area contributed by atoms with E-state index in [9.17, 15) is 4.39 Å². The average molecular weight is 260 g/mol. The molecule has 0 saturated heterocycles. The lowest BCUT2D eigenvalue weighted by Gasteiger charge is -2.10. The number of halogens is 2. The maximum atomic E-state index is 13.4. The molecular weight excluding hydrogens is 253 g/mol. The Morgan fingerprint density at radius 1 is 1.43 bits per heavy atom. The van der Waals surface area contributed by atoms with E-state index in [2.05, 4.69) is 15.9 Å². The molecule has 1 aromatic rings. The molecule has 0 N–H and O–H groups in total. The number of hydrogen-bond donors (Lipinski definition) is 0. The highest BCUT2D eigenvalue weighted by molar-refractivity contribution is 9.10. The molecule has 0 aliphatic heterocycles. The monoisotopic (exact) mass is 259 g/mol. The van der Waals surface area contributed by atoms with Crippen LogP contribution in [0.2, 0.25) is 0 Å². The molecule has 5 heteroatoms. The summed E-state index contributed by atoms with van der Waals surface area (Å²) in [6.07, 6.45) is 0. The molecule has 0 aromatic heterocycles. The van der Waals surface area contributed by atoms with Crippen LogP contribution in [0.25, 0.3) is 0 Å². The molecule has 0 unspecified atom stereocenters. The minimum Gasteiger partial charge on any atom is -0.493 e. The van der Waals surface area contributed by atoms with Gasteiger partial charge in [0.05, 0.1) is 19.8 Å². The molecule has 74 valence electrons. The second-order valence-electron chi connectivity index (χ2n) is 2.40. The summed E-state index contributed by atoms with van der Waals surface area (Å²) in [6, 6.07) is 3.01. The molecular formula is C9H7BrFNO2. The predicted molar refractivity (Wildman–Crippen MR) is 51.9 cm³/mol. The van der Waals surface area contributed by atoms with Crippen LogP contribution in [0.4, 0.5) is 4.39 Å². The second kappa shape index (κ2) is 4.29. The van der Waals surface area contributed by atoms with Gasteiger partial charge in [-0.15, -0.1) is 0 Å². The summed E-state index contributed by atoms with van der Waals surface area (Å²) in [7, 11) is 2.82. The quantitative estimate of drug-likeness (QED) is 0.820. The Morgan fingerprint density at radius 2 is 2.07 bits per heavy atom. The molecule has 0 radical (unpaired) electrons. The van der Waals surface area contributed by atoms with Crippen molar-refractivity contribution in [2.45, 2.75) is 0 Å². The number of methoxy groups -OCH3 is 2. The van der Waals surface area contributed by atoms with Crippen LogP contribution in [0.15, 0.2) is 10.5 Å². The molecule has 1 aromatic carbocycles.